The van der Waals surface area contributed by atoms with Crippen molar-refractivity contribution in [3.8, 4) is 0 Å². The lowest BCUT2D eigenvalue weighted by Crippen LogP contribution is -2.43. The highest BCUT2D eigenvalue weighted by Gasteiger charge is 2.38. The second-order valence-electron chi connectivity index (χ2n) is 8.66. The van der Waals surface area contributed by atoms with Crippen LogP contribution >= 0.6 is 0 Å². The van der Waals surface area contributed by atoms with E-state index in [0.29, 0.717) is 17.9 Å². The Bertz CT molecular complexity index is 580. The molecule has 3 fully saturated rings. The number of hydrogen-bond acceptors (Lipinski definition) is 2. The van der Waals surface area contributed by atoms with E-state index in [0.717, 1.165) is 23.8 Å². The van der Waals surface area contributed by atoms with Gasteiger partial charge in [0.05, 0.1) is 6.10 Å². The smallest absolute Gasteiger partial charge is 0.157 e. The highest BCUT2D eigenvalue weighted by Crippen LogP contribution is 2.45. The quantitative estimate of drug-likeness (QED) is 0.802. The van der Waals surface area contributed by atoms with Gasteiger partial charge in [0.1, 0.15) is 5.82 Å². The van der Waals surface area contributed by atoms with Crippen LogP contribution in [0.3, 0.4) is 0 Å². The van der Waals surface area contributed by atoms with Crippen molar-refractivity contribution in [2.75, 3.05) is 0 Å². The van der Waals surface area contributed by atoms with Gasteiger partial charge in [0.2, 0.25) is 0 Å². The molecule has 1 saturated heterocycles. The van der Waals surface area contributed by atoms with Crippen LogP contribution in [-0.4, -0.2) is 17.5 Å². The Kier molecular flexibility index (Phi) is 5.15. The number of ether oxygens (including phenoxy) is 1. The van der Waals surface area contributed by atoms with Crippen LogP contribution in [0.5, 0.6) is 0 Å². The van der Waals surface area contributed by atoms with Crippen molar-refractivity contribution >= 4 is 0 Å². The molecule has 25 heavy (non-hydrogen) atoms. The van der Waals surface area contributed by atoms with Crippen LogP contribution in [0.25, 0.3) is 0 Å². The summed E-state index contributed by atoms with van der Waals surface area (Å²) in [5.41, 5.74) is 1.95. The minimum absolute atomic E-state index is 0.0544. The molecule has 4 rings (SSSR count). The molecular formula is C22H31FO2. The van der Waals surface area contributed by atoms with Crippen LogP contribution in [-0.2, 0) is 4.74 Å². The van der Waals surface area contributed by atoms with E-state index in [4.69, 9.17) is 4.74 Å². The fraction of sp³-hybridized carbons (Fsp3) is 0.727. The molecule has 2 aliphatic carbocycles. The van der Waals surface area contributed by atoms with Crippen molar-refractivity contribution in [1.29, 1.82) is 0 Å². The molecule has 3 heteroatoms. The summed E-state index contributed by atoms with van der Waals surface area (Å²) in [6.45, 7) is 1.84. The molecule has 2 saturated carbocycles. The number of aliphatic hydroxyl groups is 1. The second kappa shape index (κ2) is 7.36. The molecule has 1 aromatic rings. The zero-order chi connectivity index (χ0) is 17.4. The molecule has 2 unspecified atom stereocenters. The molecule has 1 N–H and O–H groups in total. The summed E-state index contributed by atoms with van der Waals surface area (Å²) in [6, 6.07) is 5.82. The molecule has 0 bridgehead atoms. The summed E-state index contributed by atoms with van der Waals surface area (Å²) in [5.74, 6) is 2.90. The van der Waals surface area contributed by atoms with Gasteiger partial charge in [0.25, 0.3) is 0 Å². The average Bonchev–Trinajstić information content (AvgIpc) is 2.62. The predicted molar refractivity (Wildman–Crippen MR) is 96.8 cm³/mol. The van der Waals surface area contributed by atoms with Crippen molar-refractivity contribution in [3.05, 3.63) is 35.1 Å². The molecule has 1 aliphatic heterocycles. The Morgan fingerprint density at radius 1 is 0.920 bits per heavy atom. The van der Waals surface area contributed by atoms with E-state index in [-0.39, 0.29) is 5.82 Å². The van der Waals surface area contributed by atoms with E-state index in [1.807, 2.05) is 13.0 Å². The monoisotopic (exact) mass is 346 g/mol. The standard InChI is InChI=1S/C22H31FO2/c1-14-2-3-19(12-20(14)23)17-6-4-15(5-7-17)16-8-10-18(11-9-16)21-13-22(24)25-21/h2-3,12,15-18,21-22,24H,4-11,13H2,1H3. The molecule has 1 aromatic carbocycles. The Morgan fingerprint density at radius 3 is 2.04 bits per heavy atom. The Hall–Kier alpha value is -0.930. The van der Waals surface area contributed by atoms with E-state index < -0.39 is 6.29 Å². The number of aliphatic hydroxyl groups excluding tert-OH is 1. The Morgan fingerprint density at radius 2 is 1.48 bits per heavy atom. The van der Waals surface area contributed by atoms with Crippen molar-refractivity contribution in [3.63, 3.8) is 0 Å². The van der Waals surface area contributed by atoms with Gasteiger partial charge in [0.15, 0.2) is 6.29 Å². The van der Waals surface area contributed by atoms with Gasteiger partial charge in [-0.05, 0) is 99.2 Å². The first-order chi connectivity index (χ1) is 12.1. The van der Waals surface area contributed by atoms with Gasteiger partial charge in [0, 0.05) is 6.42 Å². The van der Waals surface area contributed by atoms with Crippen molar-refractivity contribution < 1.29 is 14.2 Å². The van der Waals surface area contributed by atoms with Gasteiger partial charge in [-0.2, -0.15) is 0 Å². The predicted octanol–water partition coefficient (Wildman–Crippen LogP) is 5.32. The fourth-order valence-corrected chi connectivity index (χ4v) is 5.47. The van der Waals surface area contributed by atoms with Crippen LogP contribution in [0.15, 0.2) is 18.2 Å². The number of hydrogen-bond donors (Lipinski definition) is 1. The lowest BCUT2D eigenvalue weighted by atomic mass is 9.67. The van der Waals surface area contributed by atoms with Crippen molar-refractivity contribution in [2.45, 2.75) is 83.0 Å². The highest BCUT2D eigenvalue weighted by molar-refractivity contribution is 5.26. The molecule has 3 aliphatic rings. The van der Waals surface area contributed by atoms with Crippen LogP contribution < -0.4 is 0 Å². The van der Waals surface area contributed by atoms with E-state index in [1.54, 1.807) is 6.07 Å². The van der Waals surface area contributed by atoms with E-state index in [2.05, 4.69) is 6.07 Å². The summed E-state index contributed by atoms with van der Waals surface area (Å²) in [5, 5.41) is 9.31. The number of benzene rings is 1. The second-order valence-corrected chi connectivity index (χ2v) is 8.66. The van der Waals surface area contributed by atoms with Crippen molar-refractivity contribution in [1.82, 2.24) is 0 Å². The fourth-order valence-electron chi connectivity index (χ4n) is 5.47. The number of rotatable bonds is 3. The molecular weight excluding hydrogens is 315 g/mol. The molecule has 2 nitrogen and oxygen atoms in total. The minimum Gasteiger partial charge on any atom is -0.368 e. The molecule has 0 radical (unpaired) electrons. The lowest BCUT2D eigenvalue weighted by Gasteiger charge is -2.43. The van der Waals surface area contributed by atoms with Crippen molar-refractivity contribution in [2.24, 2.45) is 17.8 Å². The first-order valence-corrected chi connectivity index (χ1v) is 10.2. The summed E-state index contributed by atoms with van der Waals surface area (Å²) >= 11 is 0. The normalized spacial score (nSPS) is 39.0. The molecule has 138 valence electrons. The van der Waals surface area contributed by atoms with Gasteiger partial charge in [-0.1, -0.05) is 12.1 Å². The third-order valence-electron chi connectivity index (χ3n) is 7.21. The maximum atomic E-state index is 13.8. The number of aryl methyl sites for hydroxylation is 1. The molecule has 0 aromatic heterocycles. The maximum Gasteiger partial charge on any atom is 0.157 e. The topological polar surface area (TPSA) is 29.5 Å². The molecule has 1 heterocycles. The largest absolute Gasteiger partial charge is 0.368 e. The van der Waals surface area contributed by atoms with E-state index in [9.17, 15) is 9.50 Å². The van der Waals surface area contributed by atoms with Gasteiger partial charge >= 0.3 is 0 Å². The van der Waals surface area contributed by atoms with E-state index >= 15 is 0 Å². The molecule has 0 spiro atoms. The van der Waals surface area contributed by atoms with Crippen LogP contribution in [0.1, 0.15) is 74.8 Å². The summed E-state index contributed by atoms with van der Waals surface area (Å²) < 4.78 is 19.3. The van der Waals surface area contributed by atoms with Crippen LogP contribution in [0.4, 0.5) is 4.39 Å². The van der Waals surface area contributed by atoms with E-state index in [1.165, 1.54) is 56.9 Å². The summed E-state index contributed by atoms with van der Waals surface area (Å²) in [6.07, 6.45) is 10.9. The first-order valence-electron chi connectivity index (χ1n) is 10.2. The maximum absolute atomic E-state index is 13.8. The molecule has 2 atom stereocenters. The van der Waals surface area contributed by atoms with Gasteiger partial charge in [-0.15, -0.1) is 0 Å². The Labute approximate surface area is 150 Å². The van der Waals surface area contributed by atoms with Gasteiger partial charge < -0.3 is 9.84 Å². The average molecular weight is 346 g/mol. The third kappa shape index (κ3) is 3.78. The zero-order valence-electron chi connectivity index (χ0n) is 15.3. The lowest BCUT2D eigenvalue weighted by molar-refractivity contribution is -0.251. The first kappa shape index (κ1) is 17.5. The minimum atomic E-state index is -0.496. The highest BCUT2D eigenvalue weighted by atomic mass is 19.1. The Balaban J connectivity index is 1.25. The number of halogens is 1. The van der Waals surface area contributed by atoms with Gasteiger partial charge in [-0.3, -0.25) is 0 Å². The zero-order valence-corrected chi connectivity index (χ0v) is 15.3. The molecule has 0 amide bonds. The third-order valence-corrected chi connectivity index (χ3v) is 7.21. The van der Waals surface area contributed by atoms with Crippen LogP contribution in [0.2, 0.25) is 0 Å². The summed E-state index contributed by atoms with van der Waals surface area (Å²) in [4.78, 5) is 0. The van der Waals surface area contributed by atoms with Gasteiger partial charge in [-0.25, -0.2) is 4.39 Å². The summed E-state index contributed by atoms with van der Waals surface area (Å²) in [7, 11) is 0. The van der Waals surface area contributed by atoms with Crippen LogP contribution in [0, 0.1) is 30.5 Å². The SMILES string of the molecule is Cc1ccc(C2CCC(C3CCC(C4CC(O)O4)CC3)CC2)cc1F.